The molecule has 0 spiro atoms. The third kappa shape index (κ3) is 2.90. The summed E-state index contributed by atoms with van der Waals surface area (Å²) in [5.41, 5.74) is 4.36. The standard InChI is InChI=1S/C18H16ClN5O2/c1-11-3-4-12(2)13(7-11)14-8-15-18(25)23(5-6-24(15)21-14)10-16-20-17(9-19)26-22-16/h3-8H,9-10H2,1-2H3. The van der Waals surface area contributed by atoms with Crippen molar-refractivity contribution in [2.24, 2.45) is 0 Å². The van der Waals surface area contributed by atoms with Crippen molar-refractivity contribution < 1.29 is 4.52 Å². The molecule has 0 saturated heterocycles. The van der Waals surface area contributed by atoms with Gasteiger partial charge in [-0.1, -0.05) is 22.9 Å². The molecule has 0 aliphatic rings. The molecule has 0 bridgehead atoms. The van der Waals surface area contributed by atoms with Gasteiger partial charge in [-0.05, 0) is 31.5 Å². The van der Waals surface area contributed by atoms with Crippen LogP contribution in [0.25, 0.3) is 16.8 Å². The lowest BCUT2D eigenvalue weighted by molar-refractivity contribution is 0.382. The Labute approximate surface area is 153 Å². The van der Waals surface area contributed by atoms with Crippen LogP contribution in [0.2, 0.25) is 0 Å². The summed E-state index contributed by atoms with van der Waals surface area (Å²) in [7, 11) is 0. The largest absolute Gasteiger partial charge is 0.338 e. The Balaban J connectivity index is 1.76. The molecule has 132 valence electrons. The van der Waals surface area contributed by atoms with E-state index in [4.69, 9.17) is 16.1 Å². The van der Waals surface area contributed by atoms with E-state index in [1.54, 1.807) is 23.0 Å². The van der Waals surface area contributed by atoms with Crippen LogP contribution in [-0.2, 0) is 12.4 Å². The zero-order valence-electron chi connectivity index (χ0n) is 14.3. The Morgan fingerprint density at radius 3 is 2.81 bits per heavy atom. The summed E-state index contributed by atoms with van der Waals surface area (Å²) in [6, 6.07) is 7.99. The Bertz CT molecular complexity index is 1160. The van der Waals surface area contributed by atoms with E-state index < -0.39 is 0 Å². The predicted molar refractivity (Wildman–Crippen MR) is 97.3 cm³/mol. The average molecular weight is 370 g/mol. The topological polar surface area (TPSA) is 78.2 Å². The first kappa shape index (κ1) is 16.5. The van der Waals surface area contributed by atoms with Crippen LogP contribution in [0.3, 0.4) is 0 Å². The summed E-state index contributed by atoms with van der Waals surface area (Å²) < 4.78 is 8.09. The van der Waals surface area contributed by atoms with E-state index in [9.17, 15) is 4.79 Å². The van der Waals surface area contributed by atoms with Gasteiger partial charge < -0.3 is 9.09 Å². The van der Waals surface area contributed by atoms with Gasteiger partial charge >= 0.3 is 0 Å². The number of aryl methyl sites for hydroxylation is 2. The average Bonchev–Trinajstić information content (AvgIpc) is 3.26. The van der Waals surface area contributed by atoms with Crippen LogP contribution < -0.4 is 5.56 Å². The number of hydrogen-bond acceptors (Lipinski definition) is 5. The molecule has 3 heterocycles. The molecule has 4 aromatic rings. The first-order valence-corrected chi connectivity index (χ1v) is 8.62. The molecule has 0 N–H and O–H groups in total. The van der Waals surface area contributed by atoms with Gasteiger partial charge in [-0.2, -0.15) is 10.1 Å². The molecule has 0 saturated carbocycles. The van der Waals surface area contributed by atoms with E-state index in [1.165, 1.54) is 4.57 Å². The van der Waals surface area contributed by atoms with E-state index in [0.29, 0.717) is 17.2 Å². The fourth-order valence-corrected chi connectivity index (χ4v) is 2.96. The maximum absolute atomic E-state index is 12.8. The molecule has 7 nitrogen and oxygen atoms in total. The number of alkyl halides is 1. The van der Waals surface area contributed by atoms with Crippen molar-refractivity contribution in [1.29, 1.82) is 0 Å². The summed E-state index contributed by atoms with van der Waals surface area (Å²) in [5.74, 6) is 0.877. The Hall–Kier alpha value is -2.93. The molecule has 0 aliphatic carbocycles. The third-order valence-electron chi connectivity index (χ3n) is 4.21. The van der Waals surface area contributed by atoms with Crippen molar-refractivity contribution in [2.45, 2.75) is 26.3 Å². The molecule has 4 rings (SSSR count). The fourth-order valence-electron chi connectivity index (χ4n) is 2.86. The molecular weight excluding hydrogens is 354 g/mol. The molecule has 0 amide bonds. The van der Waals surface area contributed by atoms with Gasteiger partial charge in [-0.3, -0.25) is 4.79 Å². The number of hydrogen-bond donors (Lipinski definition) is 0. The monoisotopic (exact) mass is 369 g/mol. The Morgan fingerprint density at radius 2 is 2.04 bits per heavy atom. The van der Waals surface area contributed by atoms with Crippen LogP contribution in [0.5, 0.6) is 0 Å². The maximum Gasteiger partial charge on any atom is 0.277 e. The van der Waals surface area contributed by atoms with Crippen molar-refractivity contribution >= 4 is 17.1 Å². The van der Waals surface area contributed by atoms with Crippen LogP contribution >= 0.6 is 11.6 Å². The Kier molecular flexibility index (Phi) is 4.08. The molecule has 0 aliphatic heterocycles. The molecular formula is C18H16ClN5O2. The molecule has 0 unspecified atom stereocenters. The van der Waals surface area contributed by atoms with Gasteiger partial charge in [0, 0.05) is 18.0 Å². The van der Waals surface area contributed by atoms with Crippen molar-refractivity contribution in [3.05, 3.63) is 69.9 Å². The quantitative estimate of drug-likeness (QED) is 0.517. The number of rotatable bonds is 4. The minimum absolute atomic E-state index is 0.142. The van der Waals surface area contributed by atoms with Gasteiger partial charge in [0.1, 0.15) is 11.4 Å². The highest BCUT2D eigenvalue weighted by Crippen LogP contribution is 2.23. The number of halogens is 1. The molecule has 1 aromatic carbocycles. The molecule has 0 radical (unpaired) electrons. The lowest BCUT2D eigenvalue weighted by Crippen LogP contribution is -2.22. The fraction of sp³-hybridized carbons (Fsp3) is 0.222. The zero-order chi connectivity index (χ0) is 18.3. The van der Waals surface area contributed by atoms with Gasteiger partial charge in [-0.25, -0.2) is 4.52 Å². The molecule has 3 aromatic heterocycles. The van der Waals surface area contributed by atoms with Gasteiger partial charge in [-0.15, -0.1) is 11.6 Å². The van der Waals surface area contributed by atoms with Gasteiger partial charge in [0.25, 0.3) is 5.56 Å². The van der Waals surface area contributed by atoms with E-state index in [-0.39, 0.29) is 18.0 Å². The summed E-state index contributed by atoms with van der Waals surface area (Å²) in [6.07, 6.45) is 3.40. The normalized spacial score (nSPS) is 11.3. The molecule has 26 heavy (non-hydrogen) atoms. The number of fused-ring (bicyclic) bond motifs is 1. The van der Waals surface area contributed by atoms with Crippen LogP contribution in [-0.4, -0.2) is 24.3 Å². The third-order valence-corrected chi connectivity index (χ3v) is 4.44. The smallest absolute Gasteiger partial charge is 0.277 e. The SMILES string of the molecule is Cc1ccc(C)c(-c2cc3c(=O)n(Cc4noc(CCl)n4)ccn3n2)c1. The molecule has 0 fully saturated rings. The van der Waals surface area contributed by atoms with E-state index in [2.05, 4.69) is 33.4 Å². The Morgan fingerprint density at radius 1 is 1.19 bits per heavy atom. The highest BCUT2D eigenvalue weighted by atomic mass is 35.5. The van der Waals surface area contributed by atoms with Crippen LogP contribution in [0, 0.1) is 13.8 Å². The predicted octanol–water partition coefficient (Wildman–Crippen LogP) is 2.95. The second-order valence-corrected chi connectivity index (χ2v) is 6.41. The number of benzene rings is 1. The highest BCUT2D eigenvalue weighted by Gasteiger charge is 2.13. The summed E-state index contributed by atoms with van der Waals surface area (Å²) in [4.78, 5) is 16.9. The first-order valence-electron chi connectivity index (χ1n) is 8.09. The first-order chi connectivity index (χ1) is 12.5. The van der Waals surface area contributed by atoms with Crippen molar-refractivity contribution in [2.75, 3.05) is 0 Å². The van der Waals surface area contributed by atoms with E-state index in [0.717, 1.165) is 22.4 Å². The number of nitrogens with zero attached hydrogens (tertiary/aromatic N) is 5. The zero-order valence-corrected chi connectivity index (χ0v) is 15.1. The molecule has 0 atom stereocenters. The van der Waals surface area contributed by atoms with Crippen molar-refractivity contribution in [1.82, 2.24) is 24.3 Å². The maximum atomic E-state index is 12.8. The molecule has 8 heteroatoms. The summed E-state index contributed by atoms with van der Waals surface area (Å²) >= 11 is 5.66. The van der Waals surface area contributed by atoms with E-state index in [1.807, 2.05) is 13.8 Å². The minimum Gasteiger partial charge on any atom is -0.338 e. The van der Waals surface area contributed by atoms with Crippen LogP contribution in [0.1, 0.15) is 22.8 Å². The lowest BCUT2D eigenvalue weighted by atomic mass is 10.0. The van der Waals surface area contributed by atoms with Gasteiger partial charge in [0.05, 0.1) is 12.2 Å². The van der Waals surface area contributed by atoms with Crippen LogP contribution in [0.15, 0.2) is 46.0 Å². The second kappa shape index (κ2) is 6.42. The minimum atomic E-state index is -0.172. The summed E-state index contributed by atoms with van der Waals surface area (Å²) in [6.45, 7) is 4.27. The lowest BCUT2D eigenvalue weighted by Gasteiger charge is -2.03. The van der Waals surface area contributed by atoms with E-state index >= 15 is 0 Å². The second-order valence-electron chi connectivity index (χ2n) is 6.15. The highest BCUT2D eigenvalue weighted by molar-refractivity contribution is 6.16. The number of aromatic nitrogens is 5. The van der Waals surface area contributed by atoms with Gasteiger partial charge in [0.15, 0.2) is 5.82 Å². The van der Waals surface area contributed by atoms with Gasteiger partial charge in [0.2, 0.25) is 5.89 Å². The van der Waals surface area contributed by atoms with Crippen molar-refractivity contribution in [3.8, 4) is 11.3 Å². The van der Waals surface area contributed by atoms with Crippen molar-refractivity contribution in [3.63, 3.8) is 0 Å². The van der Waals surface area contributed by atoms with Crippen LogP contribution in [0.4, 0.5) is 0 Å². The summed E-state index contributed by atoms with van der Waals surface area (Å²) in [5, 5.41) is 8.37.